The van der Waals surface area contributed by atoms with E-state index in [2.05, 4.69) is 4.98 Å². The maximum atomic E-state index is 13.4. The molecule has 0 saturated heterocycles. The third-order valence-corrected chi connectivity index (χ3v) is 3.98. The van der Waals surface area contributed by atoms with E-state index in [1.807, 2.05) is 33.9 Å². The molecule has 20 heavy (non-hydrogen) atoms. The van der Waals surface area contributed by atoms with Gasteiger partial charge in [0, 0.05) is 30.4 Å². The van der Waals surface area contributed by atoms with Gasteiger partial charge in [-0.15, -0.1) is 11.3 Å². The topological polar surface area (TPSA) is 46.6 Å². The van der Waals surface area contributed by atoms with Crippen LogP contribution in [0.3, 0.4) is 0 Å². The van der Waals surface area contributed by atoms with Crippen LogP contribution >= 0.6 is 11.3 Å². The molecular weight excluding hydrogens is 275 g/mol. The molecule has 2 aromatic heterocycles. The number of halogens is 1. The fourth-order valence-electron chi connectivity index (χ4n) is 2.33. The molecule has 0 amide bonds. The highest BCUT2D eigenvalue weighted by Crippen LogP contribution is 2.30. The van der Waals surface area contributed by atoms with E-state index in [9.17, 15) is 4.39 Å². The lowest BCUT2D eigenvalue weighted by atomic mass is 10.2. The predicted octanol–water partition coefficient (Wildman–Crippen LogP) is 3.15. The van der Waals surface area contributed by atoms with Crippen molar-refractivity contribution in [3.8, 4) is 0 Å². The van der Waals surface area contributed by atoms with Gasteiger partial charge in [-0.2, -0.15) is 0 Å². The van der Waals surface area contributed by atoms with Crippen LogP contribution in [0, 0.1) is 5.82 Å². The van der Waals surface area contributed by atoms with Crippen LogP contribution in [0.1, 0.15) is 12.6 Å². The molecule has 0 aliphatic carbocycles. The lowest BCUT2D eigenvalue weighted by molar-refractivity contribution is 0.627. The summed E-state index contributed by atoms with van der Waals surface area (Å²) in [4.78, 5) is 7.50. The molecule has 3 aromatic rings. The van der Waals surface area contributed by atoms with Crippen molar-refractivity contribution in [1.82, 2.24) is 9.38 Å². The standard InChI is InChI=1S/C14H15FN4S/c1-2-18(11-5-3-4-10(15)8-11)13-12(9-16)19-6-7-20-14(19)17-13/h3-8H,2,9,16H2,1H3. The van der Waals surface area contributed by atoms with E-state index in [1.165, 1.54) is 12.1 Å². The summed E-state index contributed by atoms with van der Waals surface area (Å²) in [6.07, 6.45) is 1.96. The summed E-state index contributed by atoms with van der Waals surface area (Å²) in [5, 5.41) is 1.98. The minimum atomic E-state index is -0.253. The van der Waals surface area contributed by atoms with Crippen molar-refractivity contribution in [2.24, 2.45) is 5.73 Å². The van der Waals surface area contributed by atoms with Gasteiger partial charge in [0.25, 0.3) is 0 Å². The average molecular weight is 290 g/mol. The number of anilines is 2. The molecule has 2 N–H and O–H groups in total. The molecule has 6 heteroatoms. The molecule has 2 heterocycles. The Labute approximate surface area is 120 Å². The second kappa shape index (κ2) is 5.22. The van der Waals surface area contributed by atoms with Crippen molar-refractivity contribution < 1.29 is 4.39 Å². The van der Waals surface area contributed by atoms with Crippen molar-refractivity contribution >= 4 is 27.8 Å². The number of aromatic nitrogens is 2. The van der Waals surface area contributed by atoms with Crippen LogP contribution in [0.25, 0.3) is 4.96 Å². The highest BCUT2D eigenvalue weighted by molar-refractivity contribution is 7.15. The molecule has 0 aliphatic rings. The Morgan fingerprint density at radius 2 is 2.30 bits per heavy atom. The number of rotatable bonds is 4. The third kappa shape index (κ3) is 2.07. The van der Waals surface area contributed by atoms with Crippen LogP contribution in [-0.2, 0) is 6.54 Å². The van der Waals surface area contributed by atoms with E-state index in [0.29, 0.717) is 13.1 Å². The first-order chi connectivity index (χ1) is 9.74. The van der Waals surface area contributed by atoms with Gasteiger partial charge in [-0.25, -0.2) is 9.37 Å². The van der Waals surface area contributed by atoms with Gasteiger partial charge in [0.2, 0.25) is 0 Å². The largest absolute Gasteiger partial charge is 0.325 e. The van der Waals surface area contributed by atoms with Gasteiger partial charge in [0.1, 0.15) is 5.82 Å². The minimum Gasteiger partial charge on any atom is -0.325 e. The Balaban J connectivity index is 2.13. The summed E-state index contributed by atoms with van der Waals surface area (Å²) in [6, 6.07) is 6.53. The number of hydrogen-bond donors (Lipinski definition) is 1. The minimum absolute atomic E-state index is 0.253. The fraction of sp³-hybridized carbons (Fsp3) is 0.214. The number of nitrogens with zero attached hydrogens (tertiary/aromatic N) is 3. The lowest BCUT2D eigenvalue weighted by Gasteiger charge is -2.22. The molecule has 0 atom stereocenters. The third-order valence-electron chi connectivity index (χ3n) is 3.23. The molecule has 1 aromatic carbocycles. The summed E-state index contributed by atoms with van der Waals surface area (Å²) in [5.41, 5.74) is 7.59. The molecule has 0 aliphatic heterocycles. The van der Waals surface area contributed by atoms with Crippen molar-refractivity contribution in [3.63, 3.8) is 0 Å². The molecule has 0 radical (unpaired) electrons. The summed E-state index contributed by atoms with van der Waals surface area (Å²) in [5.74, 6) is 0.545. The summed E-state index contributed by atoms with van der Waals surface area (Å²) < 4.78 is 15.4. The quantitative estimate of drug-likeness (QED) is 0.803. The van der Waals surface area contributed by atoms with Crippen molar-refractivity contribution in [3.05, 3.63) is 47.4 Å². The van der Waals surface area contributed by atoms with Crippen molar-refractivity contribution in [2.75, 3.05) is 11.4 Å². The normalized spacial score (nSPS) is 11.2. The maximum absolute atomic E-state index is 13.4. The van der Waals surface area contributed by atoms with E-state index >= 15 is 0 Å². The molecule has 4 nitrogen and oxygen atoms in total. The second-order valence-electron chi connectivity index (χ2n) is 4.37. The van der Waals surface area contributed by atoms with E-state index in [4.69, 9.17) is 5.73 Å². The number of imidazole rings is 1. The van der Waals surface area contributed by atoms with Crippen LogP contribution < -0.4 is 10.6 Å². The zero-order valence-corrected chi connectivity index (χ0v) is 11.9. The van der Waals surface area contributed by atoms with Gasteiger partial charge in [0.05, 0.1) is 5.69 Å². The second-order valence-corrected chi connectivity index (χ2v) is 5.24. The molecular formula is C14H15FN4S. The number of fused-ring (bicyclic) bond motifs is 1. The Kier molecular flexibility index (Phi) is 3.42. The zero-order chi connectivity index (χ0) is 14.1. The first-order valence-electron chi connectivity index (χ1n) is 6.42. The van der Waals surface area contributed by atoms with Crippen LogP contribution in [0.2, 0.25) is 0 Å². The molecule has 0 saturated carbocycles. The van der Waals surface area contributed by atoms with E-state index in [1.54, 1.807) is 17.4 Å². The van der Waals surface area contributed by atoms with Gasteiger partial charge in [-0.3, -0.25) is 4.40 Å². The first kappa shape index (κ1) is 13.1. The Morgan fingerprint density at radius 1 is 1.45 bits per heavy atom. The molecule has 0 spiro atoms. The SMILES string of the molecule is CCN(c1cccc(F)c1)c1nc2sccn2c1CN. The van der Waals surface area contributed by atoms with Crippen LogP contribution in [0.4, 0.5) is 15.9 Å². The number of hydrogen-bond acceptors (Lipinski definition) is 4. The number of benzene rings is 1. The summed E-state index contributed by atoms with van der Waals surface area (Å²) >= 11 is 1.56. The van der Waals surface area contributed by atoms with Gasteiger partial charge in [0.15, 0.2) is 10.8 Å². The lowest BCUT2D eigenvalue weighted by Crippen LogP contribution is -2.19. The monoisotopic (exact) mass is 290 g/mol. The van der Waals surface area contributed by atoms with Crippen molar-refractivity contribution in [1.29, 1.82) is 0 Å². The van der Waals surface area contributed by atoms with Gasteiger partial charge >= 0.3 is 0 Å². The smallest absolute Gasteiger partial charge is 0.195 e. The summed E-state index contributed by atoms with van der Waals surface area (Å²) in [7, 11) is 0. The van der Waals surface area contributed by atoms with Crippen molar-refractivity contribution in [2.45, 2.75) is 13.5 Å². The summed E-state index contributed by atoms with van der Waals surface area (Å²) in [6.45, 7) is 3.10. The molecule has 0 fully saturated rings. The fourth-order valence-corrected chi connectivity index (χ4v) is 3.05. The maximum Gasteiger partial charge on any atom is 0.195 e. The van der Waals surface area contributed by atoms with Crippen LogP contribution in [0.5, 0.6) is 0 Å². The van der Waals surface area contributed by atoms with Crippen LogP contribution in [0.15, 0.2) is 35.8 Å². The number of thiazole rings is 1. The predicted molar refractivity (Wildman–Crippen MR) is 80.0 cm³/mol. The molecule has 0 unspecified atom stereocenters. The highest BCUT2D eigenvalue weighted by Gasteiger charge is 2.18. The molecule has 0 bridgehead atoms. The van der Waals surface area contributed by atoms with Gasteiger partial charge in [-0.05, 0) is 25.1 Å². The zero-order valence-electron chi connectivity index (χ0n) is 11.1. The molecule has 3 rings (SSSR count). The molecule has 104 valence electrons. The van der Waals surface area contributed by atoms with E-state index in [0.717, 1.165) is 22.2 Å². The van der Waals surface area contributed by atoms with Crippen LogP contribution in [-0.4, -0.2) is 15.9 Å². The van der Waals surface area contributed by atoms with E-state index < -0.39 is 0 Å². The Hall–Kier alpha value is -1.92. The number of nitrogens with two attached hydrogens (primary N) is 1. The average Bonchev–Trinajstić information content (AvgIpc) is 3.00. The van der Waals surface area contributed by atoms with E-state index in [-0.39, 0.29) is 5.82 Å². The highest BCUT2D eigenvalue weighted by atomic mass is 32.1. The van der Waals surface area contributed by atoms with Gasteiger partial charge in [-0.1, -0.05) is 6.07 Å². The van der Waals surface area contributed by atoms with Gasteiger partial charge < -0.3 is 10.6 Å². The Morgan fingerprint density at radius 3 is 3.00 bits per heavy atom. The first-order valence-corrected chi connectivity index (χ1v) is 7.30. The Bertz CT molecular complexity index is 734.